The molecule has 19 heavy (non-hydrogen) atoms. The fraction of sp³-hybridized carbons (Fsp3) is 0.846. The topological polar surface area (TPSA) is 78.9 Å². The highest BCUT2D eigenvalue weighted by Gasteiger charge is 2.37. The summed E-state index contributed by atoms with van der Waals surface area (Å²) in [6, 6.07) is 0. The number of aliphatic hydroxyl groups excluding tert-OH is 1. The molecule has 6 nitrogen and oxygen atoms in total. The second kappa shape index (κ2) is 6.34. The summed E-state index contributed by atoms with van der Waals surface area (Å²) in [6.07, 6.45) is -0.875. The van der Waals surface area contributed by atoms with E-state index in [1.54, 1.807) is 0 Å². The molecule has 1 amide bonds. The van der Waals surface area contributed by atoms with Gasteiger partial charge in [-0.15, -0.1) is 0 Å². The highest BCUT2D eigenvalue weighted by Crippen LogP contribution is 2.17. The molecule has 0 bridgehead atoms. The lowest BCUT2D eigenvalue weighted by atomic mass is 10.2. The maximum atomic E-state index is 11.5. The van der Waals surface area contributed by atoms with Crippen LogP contribution in [0.25, 0.3) is 0 Å². The standard InChI is InChI=1S/C13H24N2O4/c1-9(2)8-19-12(18)5-10(16)6-15-7-11(17)14-13(15,3)4/h9-10,16H,5-8H2,1-4H3,(H,14,17). The van der Waals surface area contributed by atoms with Crippen LogP contribution in [-0.2, 0) is 14.3 Å². The smallest absolute Gasteiger partial charge is 0.308 e. The van der Waals surface area contributed by atoms with Crippen molar-refractivity contribution in [2.75, 3.05) is 19.7 Å². The van der Waals surface area contributed by atoms with E-state index in [-0.39, 0.29) is 31.3 Å². The number of nitrogens with zero attached hydrogens (tertiary/aromatic N) is 1. The molecule has 0 aliphatic carbocycles. The molecular weight excluding hydrogens is 248 g/mol. The maximum absolute atomic E-state index is 11.5. The predicted molar refractivity (Wildman–Crippen MR) is 70.2 cm³/mol. The molecule has 6 heteroatoms. The van der Waals surface area contributed by atoms with Gasteiger partial charge in [-0.3, -0.25) is 14.5 Å². The van der Waals surface area contributed by atoms with Gasteiger partial charge >= 0.3 is 5.97 Å². The molecule has 1 heterocycles. The minimum absolute atomic E-state index is 0.0481. The fourth-order valence-electron chi connectivity index (χ4n) is 1.95. The molecule has 0 saturated carbocycles. The van der Waals surface area contributed by atoms with E-state index in [1.807, 2.05) is 32.6 Å². The lowest BCUT2D eigenvalue weighted by Crippen LogP contribution is -2.49. The van der Waals surface area contributed by atoms with Crippen molar-refractivity contribution in [1.29, 1.82) is 0 Å². The van der Waals surface area contributed by atoms with Crippen LogP contribution in [0.5, 0.6) is 0 Å². The average Bonchev–Trinajstić information content (AvgIpc) is 2.48. The van der Waals surface area contributed by atoms with Crippen molar-refractivity contribution >= 4 is 11.9 Å². The van der Waals surface area contributed by atoms with Crippen LogP contribution in [0.3, 0.4) is 0 Å². The number of nitrogens with one attached hydrogen (secondary N) is 1. The van der Waals surface area contributed by atoms with E-state index >= 15 is 0 Å². The van der Waals surface area contributed by atoms with E-state index in [4.69, 9.17) is 4.74 Å². The molecule has 1 aliphatic rings. The zero-order valence-electron chi connectivity index (χ0n) is 12.1. The third kappa shape index (κ3) is 5.16. The molecule has 110 valence electrons. The second-order valence-corrected chi connectivity index (χ2v) is 5.92. The molecule has 0 radical (unpaired) electrons. The summed E-state index contributed by atoms with van der Waals surface area (Å²) in [5.74, 6) is -0.197. The summed E-state index contributed by atoms with van der Waals surface area (Å²) in [7, 11) is 0. The van der Waals surface area contributed by atoms with Crippen LogP contribution >= 0.6 is 0 Å². The van der Waals surface area contributed by atoms with E-state index in [1.165, 1.54) is 0 Å². The first-order valence-electron chi connectivity index (χ1n) is 6.60. The van der Waals surface area contributed by atoms with Crippen LogP contribution in [0.15, 0.2) is 0 Å². The van der Waals surface area contributed by atoms with E-state index in [0.29, 0.717) is 6.61 Å². The van der Waals surface area contributed by atoms with Crippen molar-refractivity contribution in [3.63, 3.8) is 0 Å². The van der Waals surface area contributed by atoms with Crippen LogP contribution in [0, 0.1) is 5.92 Å². The quantitative estimate of drug-likeness (QED) is 0.671. The number of aliphatic hydroxyl groups is 1. The monoisotopic (exact) mass is 272 g/mol. The SMILES string of the molecule is CC(C)COC(=O)CC(O)CN1CC(=O)NC1(C)C. The molecular formula is C13H24N2O4. The summed E-state index contributed by atoms with van der Waals surface area (Å²) in [5.41, 5.74) is -0.486. The first-order chi connectivity index (χ1) is 8.70. The van der Waals surface area contributed by atoms with E-state index in [2.05, 4.69) is 5.32 Å². The van der Waals surface area contributed by atoms with Crippen LogP contribution < -0.4 is 5.32 Å². The van der Waals surface area contributed by atoms with E-state index in [0.717, 1.165) is 0 Å². The maximum Gasteiger partial charge on any atom is 0.308 e. The second-order valence-electron chi connectivity index (χ2n) is 5.92. The van der Waals surface area contributed by atoms with Crippen molar-refractivity contribution in [3.8, 4) is 0 Å². The van der Waals surface area contributed by atoms with E-state index in [9.17, 15) is 14.7 Å². The third-order valence-corrected chi connectivity index (χ3v) is 2.98. The number of hydrogen-bond donors (Lipinski definition) is 2. The molecule has 0 aromatic heterocycles. The lowest BCUT2D eigenvalue weighted by molar-refractivity contribution is -0.147. The summed E-state index contributed by atoms with van der Waals surface area (Å²) >= 11 is 0. The minimum Gasteiger partial charge on any atom is -0.465 e. The number of carbonyl (C=O) groups is 2. The first kappa shape index (κ1) is 15.9. The Bertz CT molecular complexity index is 342. The first-order valence-corrected chi connectivity index (χ1v) is 6.60. The minimum atomic E-state index is -0.827. The molecule has 1 rings (SSSR count). The molecule has 0 spiro atoms. The zero-order chi connectivity index (χ0) is 14.6. The molecule has 0 aromatic carbocycles. The highest BCUT2D eigenvalue weighted by atomic mass is 16.5. The van der Waals surface area contributed by atoms with Crippen LogP contribution in [0.1, 0.15) is 34.1 Å². The van der Waals surface area contributed by atoms with Gasteiger partial charge in [0, 0.05) is 6.54 Å². The number of rotatable bonds is 6. The summed E-state index contributed by atoms with van der Waals surface area (Å²) in [5, 5.41) is 12.7. The number of esters is 1. The molecule has 1 aliphatic heterocycles. The molecule has 1 saturated heterocycles. The van der Waals surface area contributed by atoms with Gasteiger partial charge in [0.25, 0.3) is 0 Å². The number of β-amino-alcohol motifs (C(OH)–C–C–N with tert-alkyl or cyclic N) is 1. The van der Waals surface area contributed by atoms with Gasteiger partial charge in [-0.1, -0.05) is 13.8 Å². The van der Waals surface area contributed by atoms with Gasteiger partial charge in [0.15, 0.2) is 0 Å². The van der Waals surface area contributed by atoms with Crippen molar-refractivity contribution in [3.05, 3.63) is 0 Å². The number of hydrogen-bond acceptors (Lipinski definition) is 5. The number of ether oxygens (including phenoxy) is 1. The molecule has 1 atom stereocenters. The Morgan fingerprint density at radius 1 is 1.53 bits per heavy atom. The summed E-state index contributed by atoms with van der Waals surface area (Å²) in [4.78, 5) is 24.6. The number of amides is 1. The molecule has 1 unspecified atom stereocenters. The van der Waals surface area contributed by atoms with Gasteiger partial charge in [0.05, 0.1) is 31.3 Å². The highest BCUT2D eigenvalue weighted by molar-refractivity contribution is 5.81. The average molecular weight is 272 g/mol. The largest absolute Gasteiger partial charge is 0.465 e. The fourth-order valence-corrected chi connectivity index (χ4v) is 1.95. The lowest BCUT2D eigenvalue weighted by Gasteiger charge is -2.31. The van der Waals surface area contributed by atoms with Gasteiger partial charge in [0.2, 0.25) is 5.91 Å². The number of carbonyl (C=O) groups excluding carboxylic acids is 2. The van der Waals surface area contributed by atoms with E-state index < -0.39 is 17.7 Å². The predicted octanol–water partition coefficient (Wildman–Crippen LogP) is 0.105. The van der Waals surface area contributed by atoms with Crippen LogP contribution in [0.2, 0.25) is 0 Å². The van der Waals surface area contributed by atoms with Gasteiger partial charge in [0.1, 0.15) is 0 Å². The Balaban J connectivity index is 2.37. The molecule has 0 aromatic rings. The van der Waals surface area contributed by atoms with Gasteiger partial charge in [-0.2, -0.15) is 0 Å². The Morgan fingerprint density at radius 3 is 2.63 bits per heavy atom. The summed E-state index contributed by atoms with van der Waals surface area (Å²) in [6.45, 7) is 8.50. The molecule has 2 N–H and O–H groups in total. The van der Waals surface area contributed by atoms with Crippen LogP contribution in [-0.4, -0.2) is 53.3 Å². The Kier molecular flexibility index (Phi) is 5.31. The van der Waals surface area contributed by atoms with Crippen LogP contribution in [0.4, 0.5) is 0 Å². The van der Waals surface area contributed by atoms with Crippen molar-refractivity contribution in [1.82, 2.24) is 10.2 Å². The third-order valence-electron chi connectivity index (χ3n) is 2.98. The Labute approximate surface area is 114 Å². The van der Waals surface area contributed by atoms with Gasteiger partial charge < -0.3 is 15.2 Å². The summed E-state index contributed by atoms with van der Waals surface area (Å²) < 4.78 is 5.01. The Hall–Kier alpha value is -1.14. The Morgan fingerprint density at radius 2 is 2.16 bits per heavy atom. The molecule has 1 fully saturated rings. The normalized spacial score (nSPS) is 20.4. The van der Waals surface area contributed by atoms with Crippen molar-refractivity contribution < 1.29 is 19.4 Å². The van der Waals surface area contributed by atoms with Gasteiger partial charge in [-0.25, -0.2) is 0 Å². The van der Waals surface area contributed by atoms with Gasteiger partial charge in [-0.05, 0) is 19.8 Å². The van der Waals surface area contributed by atoms with Crippen molar-refractivity contribution in [2.24, 2.45) is 5.92 Å². The zero-order valence-corrected chi connectivity index (χ0v) is 12.1. The van der Waals surface area contributed by atoms with Crippen molar-refractivity contribution in [2.45, 2.75) is 45.9 Å².